The Morgan fingerprint density at radius 2 is 2.36 bits per heavy atom. The van der Waals surface area contributed by atoms with E-state index in [4.69, 9.17) is 0 Å². The summed E-state index contributed by atoms with van der Waals surface area (Å²) in [6, 6.07) is 1.21. The number of Topliss-reactive ketones (excluding diaryl/α,β-unsaturated/α-hetero) is 1. The molecule has 1 heterocycles. The molecule has 1 rings (SSSR count). The Morgan fingerprint density at radius 1 is 1.71 bits per heavy atom. The summed E-state index contributed by atoms with van der Waals surface area (Å²) in [6.45, 7) is 3.80. The number of hydrogen-bond acceptors (Lipinski definition) is 4. The Balaban J connectivity index is 3.12. The molecule has 0 unspecified atom stereocenters. The maximum absolute atomic E-state index is 11.1. The minimum atomic E-state index is -0.599. The van der Waals surface area contributed by atoms with Gasteiger partial charge in [0.15, 0.2) is 5.78 Å². The number of nitro groups is 1. The third-order valence-electron chi connectivity index (χ3n) is 1.75. The monoisotopic (exact) mass is 197 g/mol. The first-order valence-electron chi connectivity index (χ1n) is 4.29. The highest BCUT2D eigenvalue weighted by Crippen LogP contribution is 2.12. The molecule has 0 spiro atoms. The van der Waals surface area contributed by atoms with Gasteiger partial charge in [0.1, 0.15) is 5.69 Å². The van der Waals surface area contributed by atoms with Crippen LogP contribution in [0.3, 0.4) is 0 Å². The van der Waals surface area contributed by atoms with E-state index in [1.807, 2.05) is 6.92 Å². The Kier molecular flexibility index (Phi) is 2.95. The Bertz CT molecular complexity index is 370. The fourth-order valence-corrected chi connectivity index (χ4v) is 1.16. The molecule has 0 saturated heterocycles. The topological polar surface area (TPSA) is 78.0 Å². The van der Waals surface area contributed by atoms with E-state index >= 15 is 0 Å². The number of ketones is 1. The molecule has 0 aliphatic carbocycles. The first-order chi connectivity index (χ1) is 6.56. The SMILES string of the molecule is CCCn1nc([N+](=O)[O-])cc1C(C)=O. The van der Waals surface area contributed by atoms with E-state index in [0.717, 1.165) is 6.42 Å². The predicted molar refractivity (Wildman–Crippen MR) is 49.2 cm³/mol. The van der Waals surface area contributed by atoms with Gasteiger partial charge in [0.2, 0.25) is 0 Å². The van der Waals surface area contributed by atoms with Crippen LogP contribution in [0, 0.1) is 10.1 Å². The predicted octanol–water partition coefficient (Wildman–Crippen LogP) is 1.40. The van der Waals surface area contributed by atoms with Gasteiger partial charge in [0, 0.05) is 6.92 Å². The maximum atomic E-state index is 11.1. The molecule has 1 aromatic rings. The van der Waals surface area contributed by atoms with E-state index in [9.17, 15) is 14.9 Å². The van der Waals surface area contributed by atoms with Gasteiger partial charge in [-0.1, -0.05) is 6.92 Å². The molecule has 76 valence electrons. The van der Waals surface area contributed by atoms with E-state index in [2.05, 4.69) is 5.10 Å². The van der Waals surface area contributed by atoms with E-state index in [1.165, 1.54) is 17.7 Å². The second-order valence-electron chi connectivity index (χ2n) is 2.92. The first kappa shape index (κ1) is 10.4. The lowest BCUT2D eigenvalue weighted by Gasteiger charge is -1.95. The molecule has 0 amide bonds. The quantitative estimate of drug-likeness (QED) is 0.415. The summed E-state index contributed by atoms with van der Waals surface area (Å²) < 4.78 is 1.38. The van der Waals surface area contributed by atoms with Gasteiger partial charge in [0.05, 0.1) is 17.7 Å². The van der Waals surface area contributed by atoms with Crippen molar-refractivity contribution < 1.29 is 9.72 Å². The summed E-state index contributed by atoms with van der Waals surface area (Å²) >= 11 is 0. The van der Waals surface area contributed by atoms with Crippen LogP contribution in [-0.4, -0.2) is 20.5 Å². The summed E-state index contributed by atoms with van der Waals surface area (Å²) in [6.07, 6.45) is 0.777. The summed E-state index contributed by atoms with van der Waals surface area (Å²) in [7, 11) is 0. The van der Waals surface area contributed by atoms with E-state index < -0.39 is 4.92 Å². The lowest BCUT2D eigenvalue weighted by atomic mass is 10.3. The summed E-state index contributed by atoms with van der Waals surface area (Å²) in [5, 5.41) is 14.1. The van der Waals surface area contributed by atoms with Crippen molar-refractivity contribution in [3.63, 3.8) is 0 Å². The number of hydrogen-bond donors (Lipinski definition) is 0. The van der Waals surface area contributed by atoms with Gasteiger partial charge >= 0.3 is 5.82 Å². The average molecular weight is 197 g/mol. The highest BCUT2D eigenvalue weighted by Gasteiger charge is 2.19. The molecule has 0 radical (unpaired) electrons. The largest absolute Gasteiger partial charge is 0.390 e. The van der Waals surface area contributed by atoms with Crippen LogP contribution in [0.2, 0.25) is 0 Å². The first-order valence-corrected chi connectivity index (χ1v) is 4.29. The number of carbonyl (C=O) groups is 1. The molecule has 0 fully saturated rings. The number of nitrogens with zero attached hydrogens (tertiary/aromatic N) is 3. The van der Waals surface area contributed by atoms with Crippen LogP contribution in [0.15, 0.2) is 6.07 Å². The van der Waals surface area contributed by atoms with Gasteiger partial charge in [-0.3, -0.25) is 4.79 Å². The highest BCUT2D eigenvalue weighted by atomic mass is 16.6. The van der Waals surface area contributed by atoms with Crippen molar-refractivity contribution in [1.82, 2.24) is 9.78 Å². The van der Waals surface area contributed by atoms with Gasteiger partial charge in [-0.2, -0.15) is 4.68 Å². The Labute approximate surface area is 80.7 Å². The molecule has 0 saturated carbocycles. The molecular formula is C8H11N3O3. The molecule has 0 atom stereocenters. The molecule has 0 aliphatic heterocycles. The number of aromatic nitrogens is 2. The zero-order chi connectivity index (χ0) is 10.7. The van der Waals surface area contributed by atoms with Gasteiger partial charge in [-0.25, -0.2) is 0 Å². The molecule has 0 N–H and O–H groups in total. The summed E-state index contributed by atoms with van der Waals surface area (Å²) in [5.41, 5.74) is 0.290. The molecule has 1 aromatic heterocycles. The smallest absolute Gasteiger partial charge is 0.358 e. The lowest BCUT2D eigenvalue weighted by molar-refractivity contribution is -0.389. The van der Waals surface area contributed by atoms with Crippen molar-refractivity contribution in [2.45, 2.75) is 26.8 Å². The van der Waals surface area contributed by atoms with Crippen molar-refractivity contribution in [3.8, 4) is 0 Å². The average Bonchev–Trinajstić information content (AvgIpc) is 2.49. The third kappa shape index (κ3) is 1.95. The Morgan fingerprint density at radius 3 is 2.79 bits per heavy atom. The van der Waals surface area contributed by atoms with Crippen molar-refractivity contribution in [2.24, 2.45) is 0 Å². The minimum absolute atomic E-state index is 0.209. The minimum Gasteiger partial charge on any atom is -0.358 e. The van der Waals surface area contributed by atoms with Crippen LogP contribution in [0.5, 0.6) is 0 Å². The molecule has 6 heteroatoms. The highest BCUT2D eigenvalue weighted by molar-refractivity contribution is 5.92. The second kappa shape index (κ2) is 3.99. The van der Waals surface area contributed by atoms with E-state index in [-0.39, 0.29) is 11.6 Å². The van der Waals surface area contributed by atoms with Crippen molar-refractivity contribution in [2.75, 3.05) is 0 Å². The lowest BCUT2D eigenvalue weighted by Crippen LogP contribution is -2.07. The fourth-order valence-electron chi connectivity index (χ4n) is 1.16. The number of carbonyl (C=O) groups excluding carboxylic acids is 1. The number of rotatable bonds is 4. The van der Waals surface area contributed by atoms with Crippen LogP contribution >= 0.6 is 0 Å². The third-order valence-corrected chi connectivity index (χ3v) is 1.75. The molecule has 0 aromatic carbocycles. The van der Waals surface area contributed by atoms with Gasteiger partial charge < -0.3 is 10.1 Å². The van der Waals surface area contributed by atoms with Crippen LogP contribution in [-0.2, 0) is 6.54 Å². The maximum Gasteiger partial charge on any atom is 0.390 e. The van der Waals surface area contributed by atoms with E-state index in [1.54, 1.807) is 0 Å². The molecule has 14 heavy (non-hydrogen) atoms. The van der Waals surface area contributed by atoms with Crippen molar-refractivity contribution in [3.05, 3.63) is 21.9 Å². The van der Waals surface area contributed by atoms with Gasteiger partial charge in [-0.05, 0) is 11.3 Å². The fraction of sp³-hybridized carbons (Fsp3) is 0.500. The second-order valence-corrected chi connectivity index (χ2v) is 2.92. The molecule has 0 aliphatic rings. The van der Waals surface area contributed by atoms with Crippen LogP contribution < -0.4 is 0 Å². The van der Waals surface area contributed by atoms with Crippen molar-refractivity contribution in [1.29, 1.82) is 0 Å². The normalized spacial score (nSPS) is 10.1. The van der Waals surface area contributed by atoms with Crippen LogP contribution in [0.4, 0.5) is 5.82 Å². The summed E-state index contributed by atoms with van der Waals surface area (Å²) in [4.78, 5) is 20.9. The van der Waals surface area contributed by atoms with Gasteiger partial charge in [0.25, 0.3) is 0 Å². The zero-order valence-electron chi connectivity index (χ0n) is 8.06. The molecular weight excluding hydrogens is 186 g/mol. The standard InChI is InChI=1S/C8H11N3O3/c1-3-4-10-7(6(2)12)5-8(9-10)11(13)14/h5H,3-4H2,1-2H3. The Hall–Kier alpha value is -1.72. The number of aryl methyl sites for hydroxylation is 1. The summed E-state index contributed by atoms with van der Waals surface area (Å²) in [5.74, 6) is -0.484. The molecule has 0 bridgehead atoms. The van der Waals surface area contributed by atoms with Gasteiger partial charge in [-0.15, -0.1) is 0 Å². The van der Waals surface area contributed by atoms with Crippen molar-refractivity contribution >= 4 is 11.6 Å². The zero-order valence-corrected chi connectivity index (χ0v) is 8.06. The van der Waals surface area contributed by atoms with Crippen LogP contribution in [0.25, 0.3) is 0 Å². The van der Waals surface area contributed by atoms with Crippen LogP contribution in [0.1, 0.15) is 30.8 Å². The van der Waals surface area contributed by atoms with E-state index in [0.29, 0.717) is 12.2 Å². The molecule has 6 nitrogen and oxygen atoms in total.